The number of amides is 2. The number of nitrogens with zero attached hydrogens (tertiary/aromatic N) is 3. The number of ether oxygens (including phenoxy) is 1. The quantitative estimate of drug-likeness (QED) is 0.320. The van der Waals surface area contributed by atoms with Crippen molar-refractivity contribution in [3.05, 3.63) is 47.7 Å². The standard InChI is InChI=1S/C31H48N4O4/c1-12-39-31(38)21(6)17-26(19(2)3)35(11)30(37)27(20(4)5)32-29(36)28(33(8)9)22(7)24-18-34(10)25-16-14-13-15-23(24)25/h13-20,22,26-28H,12H2,1-11H3,(H,32,36)/b21-17+/t22?,26-,27+,28+/m1/s1. The van der Waals surface area contributed by atoms with E-state index < -0.39 is 18.1 Å². The van der Waals surface area contributed by atoms with Gasteiger partial charge in [0, 0.05) is 42.7 Å². The van der Waals surface area contributed by atoms with E-state index in [1.54, 1.807) is 31.9 Å². The van der Waals surface area contributed by atoms with Crippen LogP contribution in [0.4, 0.5) is 0 Å². The fourth-order valence-corrected chi connectivity index (χ4v) is 5.25. The fourth-order valence-electron chi connectivity index (χ4n) is 5.25. The molecule has 0 bridgehead atoms. The SMILES string of the molecule is CCOC(=O)/C(C)=C/[C@H](C(C)C)N(C)C(=O)[C@@H](NC(=O)[C@H](C(C)c1cn(C)c2ccccc12)N(C)C)C(C)C. The van der Waals surface area contributed by atoms with E-state index in [4.69, 9.17) is 4.74 Å². The van der Waals surface area contributed by atoms with Crippen molar-refractivity contribution in [3.8, 4) is 0 Å². The molecule has 2 aromatic rings. The molecule has 1 aromatic heterocycles. The summed E-state index contributed by atoms with van der Waals surface area (Å²) in [6.45, 7) is 13.7. The third-order valence-electron chi connectivity index (χ3n) is 7.44. The second-order valence-corrected chi connectivity index (χ2v) is 11.4. The van der Waals surface area contributed by atoms with Crippen molar-refractivity contribution in [2.45, 2.75) is 72.5 Å². The molecule has 1 N–H and O–H groups in total. The summed E-state index contributed by atoms with van der Waals surface area (Å²) in [5.41, 5.74) is 2.66. The average Bonchev–Trinajstić information content (AvgIpc) is 3.21. The summed E-state index contributed by atoms with van der Waals surface area (Å²) in [5.74, 6) is -0.991. The Morgan fingerprint density at radius 1 is 1.03 bits per heavy atom. The number of aryl methyl sites for hydroxylation is 1. The van der Waals surface area contributed by atoms with E-state index >= 15 is 0 Å². The first-order valence-corrected chi connectivity index (χ1v) is 13.9. The Hall–Kier alpha value is -3.13. The van der Waals surface area contributed by atoms with Crippen molar-refractivity contribution < 1.29 is 19.1 Å². The average molecular weight is 541 g/mol. The maximum Gasteiger partial charge on any atom is 0.333 e. The van der Waals surface area contributed by atoms with E-state index in [2.05, 4.69) is 35.1 Å². The largest absolute Gasteiger partial charge is 0.463 e. The molecule has 8 nitrogen and oxygen atoms in total. The number of nitrogens with one attached hydrogen (secondary N) is 1. The zero-order chi connectivity index (χ0) is 29.6. The molecule has 216 valence electrons. The Labute approximate surface area is 234 Å². The molecule has 2 rings (SSSR count). The summed E-state index contributed by atoms with van der Waals surface area (Å²) in [6.07, 6.45) is 3.87. The second kappa shape index (κ2) is 13.8. The van der Waals surface area contributed by atoms with E-state index in [1.807, 2.05) is 65.9 Å². The normalized spacial score (nSPS) is 15.4. The molecule has 1 heterocycles. The minimum atomic E-state index is -0.720. The summed E-state index contributed by atoms with van der Waals surface area (Å²) in [6, 6.07) is 6.64. The minimum Gasteiger partial charge on any atom is -0.463 e. The van der Waals surface area contributed by atoms with Gasteiger partial charge in [-0.3, -0.25) is 14.5 Å². The lowest BCUT2D eigenvalue weighted by molar-refractivity contribution is -0.140. The summed E-state index contributed by atoms with van der Waals surface area (Å²) in [5, 5.41) is 4.20. The molecule has 0 fully saturated rings. The van der Waals surface area contributed by atoms with Gasteiger partial charge in [0.15, 0.2) is 0 Å². The first kappa shape index (κ1) is 32.1. The predicted octanol–water partition coefficient (Wildman–Crippen LogP) is 4.35. The summed E-state index contributed by atoms with van der Waals surface area (Å²) < 4.78 is 7.21. The van der Waals surface area contributed by atoms with Crippen molar-refractivity contribution in [3.63, 3.8) is 0 Å². The van der Waals surface area contributed by atoms with E-state index in [-0.39, 0.29) is 42.2 Å². The van der Waals surface area contributed by atoms with Gasteiger partial charge in [-0.2, -0.15) is 0 Å². The monoisotopic (exact) mass is 540 g/mol. The Kier molecular flexibility index (Phi) is 11.3. The topological polar surface area (TPSA) is 83.9 Å². The van der Waals surface area contributed by atoms with Crippen LogP contribution in [0.2, 0.25) is 0 Å². The van der Waals surface area contributed by atoms with E-state index in [9.17, 15) is 14.4 Å². The molecule has 2 amide bonds. The van der Waals surface area contributed by atoms with E-state index in [0.29, 0.717) is 5.57 Å². The molecule has 0 aliphatic heterocycles. The van der Waals surface area contributed by atoms with Crippen molar-refractivity contribution >= 4 is 28.7 Å². The molecule has 0 spiro atoms. The highest BCUT2D eigenvalue weighted by Gasteiger charge is 2.36. The number of aromatic nitrogens is 1. The number of carbonyl (C=O) groups is 3. The van der Waals surface area contributed by atoms with Crippen LogP contribution >= 0.6 is 0 Å². The van der Waals surface area contributed by atoms with E-state index in [0.717, 1.165) is 16.5 Å². The minimum absolute atomic E-state index is 0.0488. The smallest absolute Gasteiger partial charge is 0.333 e. The van der Waals surface area contributed by atoms with Gasteiger partial charge in [0.2, 0.25) is 11.8 Å². The molecule has 0 saturated carbocycles. The number of likely N-dealkylation sites (N-methyl/N-ethyl adjacent to an activating group) is 2. The number of hydrogen-bond acceptors (Lipinski definition) is 5. The third kappa shape index (κ3) is 7.50. The van der Waals surface area contributed by atoms with E-state index in [1.165, 1.54) is 0 Å². The lowest BCUT2D eigenvalue weighted by Gasteiger charge is -2.36. The first-order valence-electron chi connectivity index (χ1n) is 13.9. The highest BCUT2D eigenvalue weighted by Crippen LogP contribution is 2.31. The van der Waals surface area contributed by atoms with Gasteiger partial charge in [-0.15, -0.1) is 0 Å². The first-order chi connectivity index (χ1) is 18.2. The van der Waals surface area contributed by atoms with Crippen LogP contribution in [0.5, 0.6) is 0 Å². The van der Waals surface area contributed by atoms with Crippen LogP contribution in [0.25, 0.3) is 10.9 Å². The summed E-state index contributed by atoms with van der Waals surface area (Å²) in [7, 11) is 7.52. The van der Waals surface area contributed by atoms with Gasteiger partial charge in [0.25, 0.3) is 0 Å². The van der Waals surface area contributed by atoms with Crippen LogP contribution in [0, 0.1) is 11.8 Å². The Bertz CT molecular complexity index is 1180. The molecule has 0 radical (unpaired) electrons. The Morgan fingerprint density at radius 2 is 1.64 bits per heavy atom. The molecular weight excluding hydrogens is 492 g/mol. The molecule has 1 unspecified atom stereocenters. The molecule has 8 heteroatoms. The fraction of sp³-hybridized carbons (Fsp3) is 0.581. The zero-order valence-electron chi connectivity index (χ0n) is 25.6. The Morgan fingerprint density at radius 3 is 2.18 bits per heavy atom. The molecule has 0 aliphatic carbocycles. The maximum atomic E-state index is 13.8. The third-order valence-corrected chi connectivity index (χ3v) is 7.44. The molecule has 39 heavy (non-hydrogen) atoms. The number of para-hydroxylation sites is 1. The van der Waals surface area contributed by atoms with Crippen molar-refractivity contribution in [1.29, 1.82) is 0 Å². The van der Waals surface area contributed by atoms with Crippen molar-refractivity contribution in [1.82, 2.24) is 19.7 Å². The van der Waals surface area contributed by atoms with Crippen LogP contribution in [0.1, 0.15) is 59.9 Å². The lowest BCUT2D eigenvalue weighted by atomic mass is 9.90. The molecule has 4 atom stereocenters. The van der Waals surface area contributed by atoms with Crippen LogP contribution in [0.15, 0.2) is 42.1 Å². The van der Waals surface area contributed by atoms with Crippen molar-refractivity contribution in [2.24, 2.45) is 18.9 Å². The number of benzene rings is 1. The predicted molar refractivity (Wildman–Crippen MR) is 157 cm³/mol. The van der Waals surface area contributed by atoms with Crippen LogP contribution in [-0.2, 0) is 26.2 Å². The van der Waals surface area contributed by atoms with Gasteiger partial charge >= 0.3 is 5.97 Å². The maximum absolute atomic E-state index is 13.8. The number of rotatable bonds is 12. The van der Waals surface area contributed by atoms with Crippen LogP contribution in [0.3, 0.4) is 0 Å². The van der Waals surface area contributed by atoms with Gasteiger partial charge in [-0.25, -0.2) is 4.79 Å². The molecule has 0 saturated heterocycles. The highest BCUT2D eigenvalue weighted by atomic mass is 16.5. The van der Waals surface area contributed by atoms with Crippen molar-refractivity contribution in [2.75, 3.05) is 27.7 Å². The Balaban J connectivity index is 2.34. The van der Waals surface area contributed by atoms with Gasteiger partial charge in [-0.1, -0.05) is 58.9 Å². The van der Waals surface area contributed by atoms with Gasteiger partial charge < -0.3 is 19.5 Å². The zero-order valence-corrected chi connectivity index (χ0v) is 25.6. The summed E-state index contributed by atoms with van der Waals surface area (Å²) in [4.78, 5) is 43.4. The molecule has 1 aromatic carbocycles. The van der Waals surface area contributed by atoms with Gasteiger partial charge in [0.05, 0.1) is 18.7 Å². The van der Waals surface area contributed by atoms with Gasteiger partial charge in [0.1, 0.15) is 6.04 Å². The van der Waals surface area contributed by atoms with Gasteiger partial charge in [-0.05, 0) is 51.4 Å². The van der Waals surface area contributed by atoms with Crippen LogP contribution in [-0.4, -0.2) is 78.0 Å². The number of hydrogen-bond donors (Lipinski definition) is 1. The number of esters is 1. The number of fused-ring (bicyclic) bond motifs is 1. The number of carbonyl (C=O) groups excluding carboxylic acids is 3. The summed E-state index contributed by atoms with van der Waals surface area (Å²) >= 11 is 0. The highest BCUT2D eigenvalue weighted by molar-refractivity contribution is 5.92. The molecular formula is C31H48N4O4. The molecule has 0 aliphatic rings. The second-order valence-electron chi connectivity index (χ2n) is 11.4. The lowest BCUT2D eigenvalue weighted by Crippen LogP contribution is -2.57. The van der Waals surface area contributed by atoms with Crippen LogP contribution < -0.4 is 5.32 Å².